The molecular weight excluding hydrogens is 326 g/mol. The Morgan fingerprint density at radius 2 is 2.04 bits per heavy atom. The van der Waals surface area contributed by atoms with Crippen LogP contribution in [-0.2, 0) is 4.79 Å². The fraction of sp³-hybridized carbons (Fsp3) is 0.529. The Kier molecular flexibility index (Phi) is 5.95. The summed E-state index contributed by atoms with van der Waals surface area (Å²) in [5.74, 6) is -0.930. The Morgan fingerprint density at radius 1 is 1.40 bits per heavy atom. The Hall–Kier alpha value is -2.64. The smallest absolute Gasteiger partial charge is 0.305 e. The van der Waals surface area contributed by atoms with Crippen LogP contribution >= 0.6 is 0 Å². The third kappa shape index (κ3) is 4.91. The normalized spacial score (nSPS) is 16.3. The maximum atomic E-state index is 12.2. The van der Waals surface area contributed by atoms with Crippen LogP contribution in [0.25, 0.3) is 0 Å². The first-order chi connectivity index (χ1) is 11.8. The molecule has 1 saturated heterocycles. The first kappa shape index (κ1) is 18.7. The van der Waals surface area contributed by atoms with E-state index in [0.717, 1.165) is 25.9 Å². The van der Waals surface area contributed by atoms with Crippen molar-refractivity contribution in [3.63, 3.8) is 0 Å². The highest BCUT2D eigenvalue weighted by molar-refractivity contribution is 5.96. The highest BCUT2D eigenvalue weighted by Crippen LogP contribution is 2.32. The lowest BCUT2D eigenvalue weighted by Crippen LogP contribution is -2.35. The second kappa shape index (κ2) is 7.96. The highest BCUT2D eigenvalue weighted by Gasteiger charge is 2.25. The molecule has 1 atom stereocenters. The molecule has 2 rings (SSSR count). The molecule has 8 nitrogen and oxygen atoms in total. The minimum absolute atomic E-state index is 0.104. The molecule has 1 fully saturated rings. The van der Waals surface area contributed by atoms with E-state index < -0.39 is 22.8 Å². The van der Waals surface area contributed by atoms with E-state index in [1.807, 2.05) is 4.90 Å². The van der Waals surface area contributed by atoms with Crippen molar-refractivity contribution < 1.29 is 19.6 Å². The number of carboxylic acid groups (broad SMARTS) is 1. The maximum Gasteiger partial charge on any atom is 0.305 e. The molecule has 1 amide bonds. The molecular formula is C17H23N3O5. The van der Waals surface area contributed by atoms with Gasteiger partial charge in [-0.1, -0.05) is 6.92 Å². The van der Waals surface area contributed by atoms with Crippen LogP contribution in [0.1, 0.15) is 43.5 Å². The molecule has 1 heterocycles. The molecule has 0 spiro atoms. The quantitative estimate of drug-likeness (QED) is 0.602. The number of amides is 1. The van der Waals surface area contributed by atoms with Gasteiger partial charge in [-0.05, 0) is 37.8 Å². The topological polar surface area (TPSA) is 113 Å². The van der Waals surface area contributed by atoms with Crippen molar-refractivity contribution in [2.45, 2.75) is 39.2 Å². The third-order valence-electron chi connectivity index (χ3n) is 4.42. The number of benzene rings is 1. The second-order valence-corrected chi connectivity index (χ2v) is 6.60. The number of nitro benzene ring substituents is 1. The highest BCUT2D eigenvalue weighted by atomic mass is 16.6. The number of hydrogen-bond donors (Lipinski definition) is 2. The van der Waals surface area contributed by atoms with Gasteiger partial charge in [-0.2, -0.15) is 0 Å². The lowest BCUT2D eigenvalue weighted by Gasteiger charge is -2.31. The summed E-state index contributed by atoms with van der Waals surface area (Å²) in [6, 6.07) is 3.84. The lowest BCUT2D eigenvalue weighted by molar-refractivity contribution is -0.384. The van der Waals surface area contributed by atoms with E-state index in [1.165, 1.54) is 6.07 Å². The summed E-state index contributed by atoms with van der Waals surface area (Å²) >= 11 is 0. The van der Waals surface area contributed by atoms with Crippen molar-refractivity contribution in [3.05, 3.63) is 33.9 Å². The Balaban J connectivity index is 2.19. The number of aliphatic carboxylic acids is 1. The number of nitrogens with zero attached hydrogens (tertiary/aromatic N) is 2. The number of anilines is 1. The predicted octanol–water partition coefficient (Wildman–Crippen LogP) is 2.42. The van der Waals surface area contributed by atoms with E-state index >= 15 is 0 Å². The summed E-state index contributed by atoms with van der Waals surface area (Å²) in [6.07, 6.45) is 1.75. The SMILES string of the molecule is CC1CCN(c2ccc(C(=O)NC(C)CC(=O)O)cc2[N+](=O)[O-])CC1. The van der Waals surface area contributed by atoms with Gasteiger partial charge in [0.05, 0.1) is 11.3 Å². The molecule has 1 aromatic rings. The molecule has 1 aliphatic heterocycles. The van der Waals surface area contributed by atoms with Gasteiger partial charge in [-0.25, -0.2) is 0 Å². The van der Waals surface area contributed by atoms with Crippen LogP contribution in [0.3, 0.4) is 0 Å². The molecule has 1 aromatic carbocycles. The lowest BCUT2D eigenvalue weighted by atomic mass is 9.98. The maximum absolute atomic E-state index is 12.2. The van der Waals surface area contributed by atoms with Crippen LogP contribution in [0.4, 0.5) is 11.4 Å². The molecule has 0 aliphatic carbocycles. The minimum atomic E-state index is -1.02. The zero-order chi connectivity index (χ0) is 18.6. The van der Waals surface area contributed by atoms with Gasteiger partial charge >= 0.3 is 5.97 Å². The summed E-state index contributed by atoms with van der Waals surface area (Å²) in [4.78, 5) is 35.8. The van der Waals surface area contributed by atoms with Crippen LogP contribution in [0.5, 0.6) is 0 Å². The summed E-state index contributed by atoms with van der Waals surface area (Å²) in [5, 5.41) is 22.7. The molecule has 8 heteroatoms. The van der Waals surface area contributed by atoms with E-state index in [-0.39, 0.29) is 17.7 Å². The zero-order valence-electron chi connectivity index (χ0n) is 14.4. The Bertz CT molecular complexity index is 668. The number of nitro groups is 1. The van der Waals surface area contributed by atoms with E-state index in [1.54, 1.807) is 19.1 Å². The molecule has 0 aromatic heterocycles. The Morgan fingerprint density at radius 3 is 2.60 bits per heavy atom. The van der Waals surface area contributed by atoms with Crippen molar-refractivity contribution in [3.8, 4) is 0 Å². The van der Waals surface area contributed by atoms with Gasteiger partial charge in [-0.15, -0.1) is 0 Å². The molecule has 1 unspecified atom stereocenters. The standard InChI is InChI=1S/C17H23N3O5/c1-11-5-7-19(8-6-11)14-4-3-13(10-15(14)20(24)25)17(23)18-12(2)9-16(21)22/h3-4,10-12H,5-9H2,1-2H3,(H,18,23)(H,21,22). The van der Waals surface area contributed by atoms with E-state index in [2.05, 4.69) is 12.2 Å². The van der Waals surface area contributed by atoms with Gasteiger partial charge in [0, 0.05) is 30.8 Å². The molecule has 25 heavy (non-hydrogen) atoms. The van der Waals surface area contributed by atoms with Crippen molar-refractivity contribution >= 4 is 23.3 Å². The minimum Gasteiger partial charge on any atom is -0.481 e. The van der Waals surface area contributed by atoms with Crippen LogP contribution in [0.15, 0.2) is 18.2 Å². The summed E-state index contributed by atoms with van der Waals surface area (Å²) in [7, 11) is 0. The first-order valence-corrected chi connectivity index (χ1v) is 8.34. The second-order valence-electron chi connectivity index (χ2n) is 6.60. The average Bonchev–Trinajstić information content (AvgIpc) is 2.54. The van der Waals surface area contributed by atoms with Crippen LogP contribution in [0.2, 0.25) is 0 Å². The van der Waals surface area contributed by atoms with Crippen LogP contribution in [-0.4, -0.2) is 41.0 Å². The number of carboxylic acids is 1. The number of carbonyl (C=O) groups is 2. The van der Waals surface area contributed by atoms with E-state index in [9.17, 15) is 19.7 Å². The summed E-state index contributed by atoms with van der Waals surface area (Å²) in [6.45, 7) is 5.24. The van der Waals surface area contributed by atoms with Crippen molar-refractivity contribution in [2.75, 3.05) is 18.0 Å². The average molecular weight is 349 g/mol. The van der Waals surface area contributed by atoms with Crippen LogP contribution < -0.4 is 10.2 Å². The largest absolute Gasteiger partial charge is 0.481 e. The molecule has 0 saturated carbocycles. The number of carbonyl (C=O) groups excluding carboxylic acids is 1. The number of hydrogen-bond acceptors (Lipinski definition) is 5. The van der Waals surface area contributed by atoms with Gasteiger partial charge in [0.2, 0.25) is 0 Å². The summed E-state index contributed by atoms with van der Waals surface area (Å²) < 4.78 is 0. The first-order valence-electron chi connectivity index (χ1n) is 8.34. The van der Waals surface area contributed by atoms with Gasteiger partial charge < -0.3 is 15.3 Å². The number of nitrogens with one attached hydrogen (secondary N) is 1. The molecule has 136 valence electrons. The van der Waals surface area contributed by atoms with Gasteiger partial charge in [0.25, 0.3) is 11.6 Å². The molecule has 0 radical (unpaired) electrons. The van der Waals surface area contributed by atoms with Gasteiger partial charge in [0.15, 0.2) is 0 Å². The molecule has 0 bridgehead atoms. The fourth-order valence-corrected chi connectivity index (χ4v) is 2.95. The fourth-order valence-electron chi connectivity index (χ4n) is 2.95. The van der Waals surface area contributed by atoms with E-state index in [4.69, 9.17) is 5.11 Å². The Labute approximate surface area is 146 Å². The van der Waals surface area contributed by atoms with Crippen molar-refractivity contribution in [1.82, 2.24) is 5.32 Å². The number of piperidine rings is 1. The number of rotatable bonds is 6. The van der Waals surface area contributed by atoms with Gasteiger partial charge in [-0.3, -0.25) is 19.7 Å². The zero-order valence-corrected chi connectivity index (χ0v) is 14.4. The monoisotopic (exact) mass is 349 g/mol. The molecule has 2 N–H and O–H groups in total. The molecule has 1 aliphatic rings. The van der Waals surface area contributed by atoms with E-state index in [0.29, 0.717) is 11.6 Å². The van der Waals surface area contributed by atoms with Crippen LogP contribution in [0, 0.1) is 16.0 Å². The predicted molar refractivity (Wildman–Crippen MR) is 92.9 cm³/mol. The van der Waals surface area contributed by atoms with Crippen molar-refractivity contribution in [2.24, 2.45) is 5.92 Å². The van der Waals surface area contributed by atoms with Gasteiger partial charge in [0.1, 0.15) is 5.69 Å². The summed E-state index contributed by atoms with van der Waals surface area (Å²) in [5.41, 5.74) is 0.568. The van der Waals surface area contributed by atoms with Crippen molar-refractivity contribution in [1.29, 1.82) is 0 Å². The third-order valence-corrected chi connectivity index (χ3v) is 4.42.